The lowest BCUT2D eigenvalue weighted by Crippen LogP contribution is -2.34. The van der Waals surface area contributed by atoms with Crippen LogP contribution in [0.5, 0.6) is 0 Å². The molecule has 3 heterocycles. The maximum Gasteiger partial charge on any atom is 0.225 e. The second-order valence-corrected chi connectivity index (χ2v) is 7.49. The minimum absolute atomic E-state index is 0.00674. The van der Waals surface area contributed by atoms with Gasteiger partial charge < -0.3 is 14.6 Å². The molecule has 0 saturated carbocycles. The van der Waals surface area contributed by atoms with Crippen molar-refractivity contribution in [3.8, 4) is 0 Å². The van der Waals surface area contributed by atoms with Crippen LogP contribution >= 0.6 is 11.3 Å². The molecule has 0 radical (unpaired) electrons. The van der Waals surface area contributed by atoms with Crippen molar-refractivity contribution in [1.29, 1.82) is 0 Å². The molecule has 1 N–H and O–H groups in total. The van der Waals surface area contributed by atoms with Crippen molar-refractivity contribution in [2.24, 2.45) is 5.92 Å². The number of nitrogens with zero attached hydrogens (tertiary/aromatic N) is 2. The Balaban J connectivity index is 1.27. The van der Waals surface area contributed by atoms with E-state index in [-0.39, 0.29) is 24.2 Å². The summed E-state index contributed by atoms with van der Waals surface area (Å²) in [5.41, 5.74) is 0.994. The van der Waals surface area contributed by atoms with Gasteiger partial charge in [0.1, 0.15) is 5.76 Å². The fraction of sp³-hybridized carbons (Fsp3) is 0.316. The van der Waals surface area contributed by atoms with Crippen LogP contribution in [0.2, 0.25) is 0 Å². The zero-order chi connectivity index (χ0) is 17.9. The number of amides is 2. The molecule has 1 aliphatic rings. The van der Waals surface area contributed by atoms with Gasteiger partial charge in [0, 0.05) is 25.9 Å². The SMILES string of the molecule is O=C(NCCc1nc2ccccc2s1)C1CC(=O)N(Cc2ccco2)C1. The number of carbonyl (C=O) groups is 2. The highest BCUT2D eigenvalue weighted by atomic mass is 32.1. The summed E-state index contributed by atoms with van der Waals surface area (Å²) in [4.78, 5) is 30.7. The summed E-state index contributed by atoms with van der Waals surface area (Å²) >= 11 is 1.65. The van der Waals surface area contributed by atoms with Gasteiger partial charge in [-0.25, -0.2) is 4.98 Å². The number of para-hydroxylation sites is 1. The van der Waals surface area contributed by atoms with Crippen molar-refractivity contribution in [2.75, 3.05) is 13.1 Å². The number of hydrogen-bond donors (Lipinski definition) is 1. The summed E-state index contributed by atoms with van der Waals surface area (Å²) in [6.45, 7) is 1.38. The number of likely N-dealkylation sites (tertiary alicyclic amines) is 1. The molecule has 26 heavy (non-hydrogen) atoms. The van der Waals surface area contributed by atoms with Gasteiger partial charge in [-0.2, -0.15) is 0 Å². The molecular weight excluding hydrogens is 350 g/mol. The first-order valence-electron chi connectivity index (χ1n) is 8.61. The Morgan fingerprint density at radius 1 is 1.31 bits per heavy atom. The Kier molecular flexibility index (Phi) is 4.71. The lowest BCUT2D eigenvalue weighted by atomic mass is 10.1. The highest BCUT2D eigenvalue weighted by molar-refractivity contribution is 7.18. The van der Waals surface area contributed by atoms with E-state index < -0.39 is 0 Å². The van der Waals surface area contributed by atoms with Crippen LogP contribution in [-0.4, -0.2) is 34.8 Å². The molecule has 1 saturated heterocycles. The van der Waals surface area contributed by atoms with Gasteiger partial charge in [0.15, 0.2) is 0 Å². The lowest BCUT2D eigenvalue weighted by molar-refractivity contribution is -0.129. The first-order valence-corrected chi connectivity index (χ1v) is 9.43. The molecule has 0 aliphatic carbocycles. The molecule has 2 amide bonds. The quantitative estimate of drug-likeness (QED) is 0.725. The van der Waals surface area contributed by atoms with Crippen LogP contribution in [0.25, 0.3) is 10.2 Å². The predicted molar refractivity (Wildman–Crippen MR) is 98.6 cm³/mol. The van der Waals surface area contributed by atoms with E-state index in [1.165, 1.54) is 0 Å². The second kappa shape index (κ2) is 7.29. The summed E-state index contributed by atoms with van der Waals surface area (Å²) in [5.74, 6) is 0.359. The van der Waals surface area contributed by atoms with Gasteiger partial charge >= 0.3 is 0 Å². The fourth-order valence-electron chi connectivity index (χ4n) is 3.16. The van der Waals surface area contributed by atoms with E-state index in [9.17, 15) is 9.59 Å². The largest absolute Gasteiger partial charge is 0.467 e. The highest BCUT2D eigenvalue weighted by Crippen LogP contribution is 2.22. The van der Waals surface area contributed by atoms with Crippen LogP contribution in [0.3, 0.4) is 0 Å². The molecule has 0 spiro atoms. The van der Waals surface area contributed by atoms with Crippen molar-refractivity contribution in [2.45, 2.75) is 19.4 Å². The van der Waals surface area contributed by atoms with Crippen molar-refractivity contribution in [1.82, 2.24) is 15.2 Å². The molecule has 7 heteroatoms. The zero-order valence-corrected chi connectivity index (χ0v) is 15.0. The van der Waals surface area contributed by atoms with Crippen molar-refractivity contribution < 1.29 is 14.0 Å². The molecule has 2 aromatic heterocycles. The third-order valence-electron chi connectivity index (χ3n) is 4.49. The Bertz CT molecular complexity index is 886. The minimum Gasteiger partial charge on any atom is -0.467 e. The van der Waals surface area contributed by atoms with E-state index >= 15 is 0 Å². The number of benzene rings is 1. The number of hydrogen-bond acceptors (Lipinski definition) is 5. The topological polar surface area (TPSA) is 75.4 Å². The number of carbonyl (C=O) groups excluding carboxylic acids is 2. The summed E-state index contributed by atoms with van der Waals surface area (Å²) < 4.78 is 6.43. The number of thiazole rings is 1. The third kappa shape index (κ3) is 3.62. The molecule has 1 atom stereocenters. The number of aromatic nitrogens is 1. The van der Waals surface area contributed by atoms with Crippen molar-refractivity contribution in [3.63, 3.8) is 0 Å². The Morgan fingerprint density at radius 2 is 2.19 bits per heavy atom. The zero-order valence-electron chi connectivity index (χ0n) is 14.2. The van der Waals surface area contributed by atoms with Crippen LogP contribution < -0.4 is 5.32 Å². The van der Waals surface area contributed by atoms with Crippen LogP contribution in [0.4, 0.5) is 0 Å². The summed E-state index contributed by atoms with van der Waals surface area (Å²) in [6, 6.07) is 11.6. The molecule has 4 rings (SSSR count). The van der Waals surface area contributed by atoms with E-state index in [0.29, 0.717) is 26.1 Å². The van der Waals surface area contributed by atoms with E-state index in [4.69, 9.17) is 4.42 Å². The minimum atomic E-state index is -0.298. The first-order chi connectivity index (χ1) is 12.7. The average Bonchev–Trinajstić information content (AvgIpc) is 3.35. The van der Waals surface area contributed by atoms with Crippen LogP contribution in [0.15, 0.2) is 47.1 Å². The highest BCUT2D eigenvalue weighted by Gasteiger charge is 2.34. The molecule has 0 bridgehead atoms. The maximum atomic E-state index is 12.4. The van der Waals surface area contributed by atoms with Crippen LogP contribution in [-0.2, 0) is 22.6 Å². The van der Waals surface area contributed by atoms with Gasteiger partial charge in [-0.1, -0.05) is 12.1 Å². The first kappa shape index (κ1) is 16.8. The summed E-state index contributed by atoms with van der Waals surface area (Å²) in [7, 11) is 0. The molecule has 134 valence electrons. The van der Waals surface area contributed by atoms with Crippen LogP contribution in [0.1, 0.15) is 17.2 Å². The normalized spacial score (nSPS) is 17.2. The summed E-state index contributed by atoms with van der Waals surface area (Å²) in [5, 5.41) is 3.95. The molecule has 1 unspecified atom stereocenters. The van der Waals surface area contributed by atoms with Crippen LogP contribution in [0, 0.1) is 5.92 Å². The monoisotopic (exact) mass is 369 g/mol. The number of nitrogens with one attached hydrogen (secondary N) is 1. The van der Waals surface area contributed by atoms with Gasteiger partial charge in [0.2, 0.25) is 11.8 Å². The van der Waals surface area contributed by atoms with Crippen molar-refractivity contribution >= 4 is 33.4 Å². The molecule has 6 nitrogen and oxygen atoms in total. The maximum absolute atomic E-state index is 12.4. The van der Waals surface area contributed by atoms with E-state index in [1.54, 1.807) is 28.6 Å². The molecule has 3 aromatic rings. The van der Waals surface area contributed by atoms with Crippen molar-refractivity contribution in [3.05, 3.63) is 53.4 Å². The van der Waals surface area contributed by atoms with Gasteiger partial charge in [-0.15, -0.1) is 11.3 Å². The van der Waals surface area contributed by atoms with Gasteiger partial charge in [0.05, 0.1) is 34.0 Å². The Hall–Kier alpha value is -2.67. The second-order valence-electron chi connectivity index (χ2n) is 6.37. The molecule has 1 aromatic carbocycles. The van der Waals surface area contributed by atoms with Gasteiger partial charge in [-0.3, -0.25) is 9.59 Å². The van der Waals surface area contributed by atoms with E-state index in [1.807, 2.05) is 30.3 Å². The summed E-state index contributed by atoms with van der Waals surface area (Å²) in [6.07, 6.45) is 2.54. The number of fused-ring (bicyclic) bond motifs is 1. The standard InChI is InChI=1S/C19H19N3O3S/c23-18-10-13(11-22(18)12-14-4-3-9-25-14)19(24)20-8-7-17-21-15-5-1-2-6-16(15)26-17/h1-6,9,13H,7-8,10-12H2,(H,20,24). The van der Waals surface area contributed by atoms with E-state index in [2.05, 4.69) is 10.3 Å². The predicted octanol–water partition coefficient (Wildman–Crippen LogP) is 2.60. The molecule has 1 aliphatic heterocycles. The Morgan fingerprint density at radius 3 is 3.00 bits per heavy atom. The number of furan rings is 1. The third-order valence-corrected chi connectivity index (χ3v) is 5.58. The van der Waals surface area contributed by atoms with Gasteiger partial charge in [-0.05, 0) is 24.3 Å². The molecular formula is C19H19N3O3S. The van der Waals surface area contributed by atoms with E-state index in [0.717, 1.165) is 21.0 Å². The fourth-order valence-corrected chi connectivity index (χ4v) is 4.12. The van der Waals surface area contributed by atoms with Gasteiger partial charge in [0.25, 0.3) is 0 Å². The lowest BCUT2D eigenvalue weighted by Gasteiger charge is -2.15. The average molecular weight is 369 g/mol. The number of rotatable bonds is 6. The Labute approximate surface area is 154 Å². The molecule has 1 fully saturated rings. The smallest absolute Gasteiger partial charge is 0.225 e.